The van der Waals surface area contributed by atoms with Gasteiger partial charge in [0.1, 0.15) is 22.3 Å². The molecule has 1 aromatic heterocycles. The molecule has 1 aliphatic rings. The van der Waals surface area contributed by atoms with Crippen molar-refractivity contribution in [1.82, 2.24) is 9.29 Å². The summed E-state index contributed by atoms with van der Waals surface area (Å²) in [5, 5.41) is 19.8. The van der Waals surface area contributed by atoms with E-state index < -0.39 is 28.5 Å². The zero-order valence-corrected chi connectivity index (χ0v) is 18.0. The summed E-state index contributed by atoms with van der Waals surface area (Å²) in [6.07, 6.45) is -2.91. The lowest BCUT2D eigenvalue weighted by atomic mass is 10.1. The van der Waals surface area contributed by atoms with E-state index in [0.717, 1.165) is 12.3 Å². The largest absolute Gasteiger partial charge is 0.433 e. The van der Waals surface area contributed by atoms with Crippen molar-refractivity contribution in [2.45, 2.75) is 28.0 Å². The van der Waals surface area contributed by atoms with E-state index in [4.69, 9.17) is 28.3 Å². The Bertz CT molecular complexity index is 872. The van der Waals surface area contributed by atoms with Gasteiger partial charge in [0.2, 0.25) is 0 Å². The second-order valence-electron chi connectivity index (χ2n) is 6.22. The van der Waals surface area contributed by atoms with Gasteiger partial charge in [0, 0.05) is 29.2 Å². The number of aliphatic hydroxyl groups is 2. The molecule has 5 nitrogen and oxygen atoms in total. The highest BCUT2D eigenvalue weighted by Gasteiger charge is 2.38. The summed E-state index contributed by atoms with van der Waals surface area (Å²) in [5.74, 6) is 0. The number of hydrogen-bond donors (Lipinski definition) is 3. The molecule has 1 saturated heterocycles. The molecule has 3 rings (SSSR count). The highest BCUT2D eigenvalue weighted by molar-refractivity contribution is 7.82. The first-order valence-electron chi connectivity index (χ1n) is 8.12. The number of pyridine rings is 1. The number of halogens is 5. The predicted octanol–water partition coefficient (Wildman–Crippen LogP) is 3.83. The lowest BCUT2D eigenvalue weighted by molar-refractivity contribution is -0.141. The molecule has 2 aromatic rings. The summed E-state index contributed by atoms with van der Waals surface area (Å²) in [6.45, 7) is 0.271. The molecular weight excluding hydrogens is 472 g/mol. The maximum Gasteiger partial charge on any atom is 0.433 e. The Labute approximate surface area is 183 Å². The van der Waals surface area contributed by atoms with Crippen molar-refractivity contribution < 1.29 is 27.6 Å². The number of alkyl halides is 3. The van der Waals surface area contributed by atoms with Gasteiger partial charge in [0.05, 0.1) is 16.5 Å². The minimum Gasteiger partial charge on any atom is -0.393 e. The standard InChI is InChI=1S/C11H13Cl2NO3S.C6H4F3NS/c12-8-1-2-10(9(13)5-8)18(17)14-4-3-11(16,6-14)7-15;7-6(8,9)5-2-1-4(11)3-10-5/h1-2,5,15-16H,3-4,6-7H2;1-3,11H. The van der Waals surface area contributed by atoms with E-state index >= 15 is 0 Å². The van der Waals surface area contributed by atoms with Crippen molar-refractivity contribution >= 4 is 46.8 Å². The number of rotatable bonds is 3. The third kappa shape index (κ3) is 6.81. The first-order valence-corrected chi connectivity index (χ1v) is 10.4. The Morgan fingerprint density at radius 3 is 2.45 bits per heavy atom. The fourth-order valence-electron chi connectivity index (χ4n) is 2.40. The van der Waals surface area contributed by atoms with Gasteiger partial charge in [-0.3, -0.25) is 4.98 Å². The molecule has 2 unspecified atom stereocenters. The average molecular weight is 489 g/mol. The van der Waals surface area contributed by atoms with Crippen molar-refractivity contribution in [3.05, 3.63) is 52.3 Å². The molecule has 2 atom stereocenters. The van der Waals surface area contributed by atoms with Gasteiger partial charge in [-0.1, -0.05) is 23.2 Å². The number of aliphatic hydroxyl groups excluding tert-OH is 1. The van der Waals surface area contributed by atoms with Gasteiger partial charge in [0.25, 0.3) is 0 Å². The van der Waals surface area contributed by atoms with Crippen molar-refractivity contribution in [3.63, 3.8) is 0 Å². The van der Waals surface area contributed by atoms with Crippen LogP contribution in [0.5, 0.6) is 0 Å². The highest BCUT2D eigenvalue weighted by atomic mass is 35.5. The molecule has 0 bridgehead atoms. The van der Waals surface area contributed by atoms with Gasteiger partial charge in [-0.2, -0.15) is 13.2 Å². The van der Waals surface area contributed by atoms with Gasteiger partial charge >= 0.3 is 6.18 Å². The first kappa shape index (κ1) is 24.4. The van der Waals surface area contributed by atoms with Crippen LogP contribution in [-0.4, -0.2) is 49.0 Å². The van der Waals surface area contributed by atoms with Crippen molar-refractivity contribution in [2.75, 3.05) is 19.7 Å². The molecule has 1 fully saturated rings. The topological polar surface area (TPSA) is 73.7 Å². The molecule has 0 aliphatic carbocycles. The number of nitrogens with zero attached hydrogens (tertiary/aromatic N) is 2. The number of aromatic nitrogens is 1. The quantitative estimate of drug-likeness (QED) is 0.574. The van der Waals surface area contributed by atoms with E-state index in [1.54, 1.807) is 16.4 Å². The van der Waals surface area contributed by atoms with E-state index in [2.05, 4.69) is 17.6 Å². The van der Waals surface area contributed by atoms with Crippen LogP contribution in [-0.2, 0) is 17.2 Å². The number of benzene rings is 1. The third-order valence-electron chi connectivity index (χ3n) is 3.95. The molecule has 1 aliphatic heterocycles. The zero-order valence-electron chi connectivity index (χ0n) is 14.7. The Morgan fingerprint density at radius 1 is 1.28 bits per heavy atom. The second-order valence-corrected chi connectivity index (χ2v) is 9.03. The smallest absolute Gasteiger partial charge is 0.393 e. The number of thiol groups is 1. The Kier molecular flexibility index (Phi) is 8.37. The SMILES string of the molecule is FC(F)(F)c1ccc(S)cn1.O=S(c1ccc(Cl)cc1Cl)N1CCC(O)(CO)C1. The molecule has 29 heavy (non-hydrogen) atoms. The van der Waals surface area contributed by atoms with Gasteiger partial charge in [0.15, 0.2) is 0 Å². The molecule has 160 valence electrons. The molecule has 0 spiro atoms. The van der Waals surface area contributed by atoms with Crippen LogP contribution in [0.1, 0.15) is 12.1 Å². The van der Waals surface area contributed by atoms with E-state index in [9.17, 15) is 22.5 Å². The minimum absolute atomic E-state index is 0.162. The second kappa shape index (κ2) is 9.95. The van der Waals surface area contributed by atoms with Gasteiger partial charge in [-0.05, 0) is 36.8 Å². The summed E-state index contributed by atoms with van der Waals surface area (Å²) >= 11 is 15.6. The minimum atomic E-state index is -4.36. The summed E-state index contributed by atoms with van der Waals surface area (Å²) in [6, 6.07) is 6.90. The van der Waals surface area contributed by atoms with Crippen LogP contribution < -0.4 is 0 Å². The van der Waals surface area contributed by atoms with E-state index in [-0.39, 0.29) is 13.2 Å². The van der Waals surface area contributed by atoms with Crippen LogP contribution in [0.15, 0.2) is 46.3 Å². The predicted molar refractivity (Wildman–Crippen MR) is 108 cm³/mol. The first-order chi connectivity index (χ1) is 13.4. The van der Waals surface area contributed by atoms with E-state index in [1.807, 2.05) is 0 Å². The lowest BCUT2D eigenvalue weighted by Gasteiger charge is -2.20. The summed E-state index contributed by atoms with van der Waals surface area (Å²) in [7, 11) is -1.46. The lowest BCUT2D eigenvalue weighted by Crippen LogP contribution is -2.37. The number of β-amino-alcohol motifs (C(OH)–C–C–N with tert-alkyl or cyclic N) is 1. The van der Waals surface area contributed by atoms with Crippen LogP contribution in [0.2, 0.25) is 10.0 Å². The molecule has 12 heteroatoms. The number of hydrogen-bond acceptors (Lipinski definition) is 5. The molecule has 0 radical (unpaired) electrons. The highest BCUT2D eigenvalue weighted by Crippen LogP contribution is 2.29. The van der Waals surface area contributed by atoms with Crippen molar-refractivity contribution in [1.29, 1.82) is 0 Å². The Balaban J connectivity index is 0.000000234. The molecule has 1 aromatic carbocycles. The molecule has 2 heterocycles. The Morgan fingerprint density at radius 2 is 1.97 bits per heavy atom. The van der Waals surface area contributed by atoms with E-state index in [0.29, 0.717) is 32.8 Å². The van der Waals surface area contributed by atoms with Gasteiger partial charge in [-0.25, -0.2) is 8.51 Å². The monoisotopic (exact) mass is 488 g/mol. The van der Waals surface area contributed by atoms with Crippen molar-refractivity contribution in [2.24, 2.45) is 0 Å². The zero-order chi connectivity index (χ0) is 21.8. The van der Waals surface area contributed by atoms with Gasteiger partial charge < -0.3 is 10.2 Å². The maximum absolute atomic E-state index is 12.3. The molecule has 2 N–H and O–H groups in total. The maximum atomic E-state index is 12.3. The molecule has 0 saturated carbocycles. The van der Waals surface area contributed by atoms with Crippen LogP contribution >= 0.6 is 35.8 Å². The fourth-order valence-corrected chi connectivity index (χ4v) is 4.44. The van der Waals surface area contributed by atoms with Gasteiger partial charge in [-0.15, -0.1) is 12.6 Å². The van der Waals surface area contributed by atoms with Crippen LogP contribution in [0, 0.1) is 0 Å². The van der Waals surface area contributed by atoms with Crippen LogP contribution in [0.25, 0.3) is 0 Å². The normalized spacial score (nSPS) is 20.8. The third-order valence-corrected chi connectivity index (χ3v) is 6.38. The van der Waals surface area contributed by atoms with E-state index in [1.165, 1.54) is 12.1 Å². The fraction of sp³-hybridized carbons (Fsp3) is 0.353. The van der Waals surface area contributed by atoms with Crippen LogP contribution in [0.4, 0.5) is 13.2 Å². The van der Waals surface area contributed by atoms with Crippen molar-refractivity contribution in [3.8, 4) is 0 Å². The molecular formula is C17H17Cl2F3N2O3S2. The Hall–Kier alpha value is -0.880. The summed E-state index contributed by atoms with van der Waals surface area (Å²) < 4.78 is 49.4. The van der Waals surface area contributed by atoms with Crippen LogP contribution in [0.3, 0.4) is 0 Å². The summed E-state index contributed by atoms with van der Waals surface area (Å²) in [4.78, 5) is 4.02. The average Bonchev–Trinajstić information content (AvgIpc) is 3.04. The molecule has 0 amide bonds. The summed E-state index contributed by atoms with van der Waals surface area (Å²) in [5.41, 5.74) is -2.07.